The summed E-state index contributed by atoms with van der Waals surface area (Å²) in [5, 5.41) is 14.2. The molecule has 0 amide bonds. The van der Waals surface area contributed by atoms with Crippen molar-refractivity contribution in [3.05, 3.63) is 70.4 Å². The maximum atomic E-state index is 9.19. The van der Waals surface area contributed by atoms with Gasteiger partial charge in [0.25, 0.3) is 0 Å². The molecule has 0 bridgehead atoms. The standard InChI is InChI=1S/C18H14ClN3/c1-12-7-8-15(13(2)9-12)18-10-14(11-20)21-22(18)17-6-4-3-5-16(17)19/h3-10H,1-2H3. The van der Waals surface area contributed by atoms with Crippen molar-refractivity contribution in [2.75, 3.05) is 0 Å². The summed E-state index contributed by atoms with van der Waals surface area (Å²) in [5.41, 5.74) is 5.38. The maximum absolute atomic E-state index is 9.19. The Kier molecular flexibility index (Phi) is 3.70. The molecular weight excluding hydrogens is 294 g/mol. The zero-order chi connectivity index (χ0) is 15.7. The van der Waals surface area contributed by atoms with Gasteiger partial charge in [-0.1, -0.05) is 47.5 Å². The molecular formula is C18H14ClN3. The molecule has 0 spiro atoms. The minimum Gasteiger partial charge on any atom is -0.230 e. The van der Waals surface area contributed by atoms with Crippen LogP contribution in [0.2, 0.25) is 5.02 Å². The van der Waals surface area contributed by atoms with Crippen LogP contribution in [-0.2, 0) is 0 Å². The molecule has 0 N–H and O–H groups in total. The third-order valence-electron chi connectivity index (χ3n) is 3.56. The van der Waals surface area contributed by atoms with Gasteiger partial charge in [0, 0.05) is 11.6 Å². The highest BCUT2D eigenvalue weighted by Crippen LogP contribution is 2.30. The van der Waals surface area contributed by atoms with Crippen LogP contribution < -0.4 is 0 Å². The molecule has 1 heterocycles. The van der Waals surface area contributed by atoms with E-state index >= 15 is 0 Å². The van der Waals surface area contributed by atoms with E-state index in [1.54, 1.807) is 10.7 Å². The molecule has 2 aromatic carbocycles. The number of para-hydroxylation sites is 1. The predicted octanol–water partition coefficient (Wildman–Crippen LogP) is 4.68. The lowest BCUT2D eigenvalue weighted by Crippen LogP contribution is -2.01. The molecule has 0 aliphatic heterocycles. The van der Waals surface area contributed by atoms with Gasteiger partial charge in [-0.15, -0.1) is 0 Å². The van der Waals surface area contributed by atoms with Gasteiger partial charge in [0.2, 0.25) is 0 Å². The molecule has 0 saturated heterocycles. The summed E-state index contributed by atoms with van der Waals surface area (Å²) in [6, 6.07) is 17.6. The lowest BCUT2D eigenvalue weighted by atomic mass is 10.0. The highest BCUT2D eigenvalue weighted by molar-refractivity contribution is 6.32. The second kappa shape index (κ2) is 5.67. The van der Waals surface area contributed by atoms with Gasteiger partial charge in [0.15, 0.2) is 5.69 Å². The Hall–Kier alpha value is -2.57. The summed E-state index contributed by atoms with van der Waals surface area (Å²) in [5.74, 6) is 0. The van der Waals surface area contributed by atoms with Crippen LogP contribution in [0.5, 0.6) is 0 Å². The molecule has 3 rings (SSSR count). The predicted molar refractivity (Wildman–Crippen MR) is 88.2 cm³/mol. The third-order valence-corrected chi connectivity index (χ3v) is 3.88. The number of aromatic nitrogens is 2. The second-order valence-electron chi connectivity index (χ2n) is 5.21. The number of nitriles is 1. The molecule has 1 aromatic heterocycles. The van der Waals surface area contributed by atoms with Crippen LogP contribution >= 0.6 is 11.6 Å². The molecule has 22 heavy (non-hydrogen) atoms. The first-order valence-corrected chi connectivity index (χ1v) is 7.30. The van der Waals surface area contributed by atoms with Crippen LogP contribution in [0.15, 0.2) is 48.5 Å². The molecule has 3 aromatic rings. The fourth-order valence-corrected chi connectivity index (χ4v) is 2.75. The fourth-order valence-electron chi connectivity index (χ4n) is 2.54. The van der Waals surface area contributed by atoms with E-state index in [1.165, 1.54) is 5.56 Å². The van der Waals surface area contributed by atoms with E-state index in [9.17, 15) is 5.26 Å². The van der Waals surface area contributed by atoms with Gasteiger partial charge in [-0.05, 0) is 31.5 Å². The Morgan fingerprint density at radius 3 is 2.55 bits per heavy atom. The number of aryl methyl sites for hydroxylation is 2. The van der Waals surface area contributed by atoms with E-state index < -0.39 is 0 Å². The van der Waals surface area contributed by atoms with Gasteiger partial charge in [-0.3, -0.25) is 0 Å². The number of benzene rings is 2. The average Bonchev–Trinajstić information content (AvgIpc) is 2.91. The SMILES string of the molecule is Cc1ccc(-c2cc(C#N)nn2-c2ccccc2Cl)c(C)c1. The van der Waals surface area contributed by atoms with Crippen LogP contribution in [0.3, 0.4) is 0 Å². The number of hydrogen-bond acceptors (Lipinski definition) is 2. The lowest BCUT2D eigenvalue weighted by Gasteiger charge is -2.11. The molecule has 0 fully saturated rings. The van der Waals surface area contributed by atoms with E-state index in [0.717, 1.165) is 22.5 Å². The van der Waals surface area contributed by atoms with Crippen molar-refractivity contribution < 1.29 is 0 Å². The first kappa shape index (κ1) is 14.4. The zero-order valence-electron chi connectivity index (χ0n) is 12.3. The van der Waals surface area contributed by atoms with Gasteiger partial charge in [-0.25, -0.2) is 4.68 Å². The molecule has 0 radical (unpaired) electrons. The molecule has 0 aliphatic rings. The largest absolute Gasteiger partial charge is 0.230 e. The molecule has 0 unspecified atom stereocenters. The minimum absolute atomic E-state index is 0.370. The Bertz CT molecular complexity index is 888. The summed E-state index contributed by atoms with van der Waals surface area (Å²) < 4.78 is 1.73. The Morgan fingerprint density at radius 1 is 1.09 bits per heavy atom. The van der Waals surface area contributed by atoms with Crippen LogP contribution in [0.25, 0.3) is 16.9 Å². The highest BCUT2D eigenvalue weighted by atomic mass is 35.5. The minimum atomic E-state index is 0.370. The average molecular weight is 308 g/mol. The van der Waals surface area contributed by atoms with E-state index in [2.05, 4.69) is 43.2 Å². The summed E-state index contributed by atoms with van der Waals surface area (Å²) in [7, 11) is 0. The third kappa shape index (κ3) is 2.49. The summed E-state index contributed by atoms with van der Waals surface area (Å²) in [4.78, 5) is 0. The van der Waals surface area contributed by atoms with Crippen molar-refractivity contribution in [3.8, 4) is 23.0 Å². The topological polar surface area (TPSA) is 41.6 Å². The van der Waals surface area contributed by atoms with E-state index in [0.29, 0.717) is 10.7 Å². The van der Waals surface area contributed by atoms with Crippen LogP contribution in [0.4, 0.5) is 0 Å². The quantitative estimate of drug-likeness (QED) is 0.689. The maximum Gasteiger partial charge on any atom is 0.163 e. The zero-order valence-corrected chi connectivity index (χ0v) is 13.1. The van der Waals surface area contributed by atoms with Gasteiger partial charge < -0.3 is 0 Å². The van der Waals surface area contributed by atoms with Crippen molar-refractivity contribution >= 4 is 11.6 Å². The first-order valence-electron chi connectivity index (χ1n) is 6.93. The first-order chi connectivity index (χ1) is 10.6. The highest BCUT2D eigenvalue weighted by Gasteiger charge is 2.15. The van der Waals surface area contributed by atoms with Crippen molar-refractivity contribution in [2.45, 2.75) is 13.8 Å². The van der Waals surface area contributed by atoms with Gasteiger partial charge in [0.1, 0.15) is 6.07 Å². The molecule has 0 saturated carbocycles. The lowest BCUT2D eigenvalue weighted by molar-refractivity contribution is 0.880. The number of rotatable bonds is 2. The van der Waals surface area contributed by atoms with Crippen molar-refractivity contribution in [1.82, 2.24) is 9.78 Å². The van der Waals surface area contributed by atoms with Crippen LogP contribution in [0.1, 0.15) is 16.8 Å². The summed E-state index contributed by atoms with van der Waals surface area (Å²) in [6.07, 6.45) is 0. The Morgan fingerprint density at radius 2 is 1.86 bits per heavy atom. The van der Waals surface area contributed by atoms with Crippen LogP contribution in [-0.4, -0.2) is 9.78 Å². The van der Waals surface area contributed by atoms with Gasteiger partial charge >= 0.3 is 0 Å². The van der Waals surface area contributed by atoms with E-state index in [4.69, 9.17) is 11.6 Å². The molecule has 4 heteroatoms. The normalized spacial score (nSPS) is 10.5. The smallest absolute Gasteiger partial charge is 0.163 e. The Labute approximate surface area is 134 Å². The fraction of sp³-hybridized carbons (Fsp3) is 0.111. The number of halogens is 1. The monoisotopic (exact) mass is 307 g/mol. The van der Waals surface area contributed by atoms with Crippen LogP contribution in [0, 0.1) is 25.2 Å². The molecule has 0 atom stereocenters. The summed E-state index contributed by atoms with van der Waals surface area (Å²) >= 11 is 6.29. The van der Waals surface area contributed by atoms with Gasteiger partial charge in [-0.2, -0.15) is 10.4 Å². The van der Waals surface area contributed by atoms with Crippen molar-refractivity contribution in [2.24, 2.45) is 0 Å². The summed E-state index contributed by atoms with van der Waals surface area (Å²) in [6.45, 7) is 4.11. The van der Waals surface area contributed by atoms with E-state index in [1.807, 2.05) is 24.3 Å². The number of hydrogen-bond donors (Lipinski definition) is 0. The molecule has 3 nitrogen and oxygen atoms in total. The van der Waals surface area contributed by atoms with Crippen molar-refractivity contribution in [1.29, 1.82) is 5.26 Å². The second-order valence-corrected chi connectivity index (χ2v) is 5.62. The van der Waals surface area contributed by atoms with Crippen molar-refractivity contribution in [3.63, 3.8) is 0 Å². The molecule has 108 valence electrons. The molecule has 0 aliphatic carbocycles. The number of nitrogens with zero attached hydrogens (tertiary/aromatic N) is 3. The Balaban J connectivity index is 2.27. The van der Waals surface area contributed by atoms with E-state index in [-0.39, 0.29) is 0 Å². The van der Waals surface area contributed by atoms with Gasteiger partial charge in [0.05, 0.1) is 16.4 Å².